The van der Waals surface area contributed by atoms with Gasteiger partial charge in [-0.05, 0) is 23.4 Å². The SMILES string of the molecule is O=C(NCCc1cccs1)N[C@H]1CO[C@H]2[C@@H]1OC[C@@H]2/C=C\c1ccccc1. The first kappa shape index (κ1) is 18.2. The minimum Gasteiger partial charge on any atom is -0.373 e. The van der Waals surface area contributed by atoms with Crippen LogP contribution in [0.2, 0.25) is 0 Å². The molecule has 27 heavy (non-hydrogen) atoms. The zero-order chi connectivity index (χ0) is 18.5. The minimum atomic E-state index is -0.160. The number of hydrogen-bond acceptors (Lipinski definition) is 4. The molecule has 6 heteroatoms. The normalized spacial score (nSPS) is 27.0. The lowest BCUT2D eigenvalue weighted by atomic mass is 9.99. The summed E-state index contributed by atoms with van der Waals surface area (Å²) in [5.74, 6) is 0.212. The molecule has 4 rings (SSSR count). The summed E-state index contributed by atoms with van der Waals surface area (Å²) in [7, 11) is 0. The van der Waals surface area contributed by atoms with E-state index >= 15 is 0 Å². The van der Waals surface area contributed by atoms with Crippen LogP contribution < -0.4 is 10.6 Å². The maximum absolute atomic E-state index is 12.2. The third-order valence-electron chi connectivity index (χ3n) is 4.98. The maximum atomic E-state index is 12.2. The van der Waals surface area contributed by atoms with Gasteiger partial charge in [0.1, 0.15) is 6.10 Å². The van der Waals surface area contributed by atoms with E-state index in [9.17, 15) is 4.79 Å². The zero-order valence-corrected chi connectivity index (χ0v) is 15.9. The molecule has 1 aromatic heterocycles. The number of ether oxygens (including phenoxy) is 2. The van der Waals surface area contributed by atoms with Crippen LogP contribution in [-0.4, -0.2) is 44.0 Å². The smallest absolute Gasteiger partial charge is 0.315 e. The van der Waals surface area contributed by atoms with E-state index in [1.54, 1.807) is 11.3 Å². The Balaban J connectivity index is 1.24. The van der Waals surface area contributed by atoms with Crippen LogP contribution in [0.5, 0.6) is 0 Å². The summed E-state index contributed by atoms with van der Waals surface area (Å²) in [4.78, 5) is 13.4. The second-order valence-electron chi connectivity index (χ2n) is 6.87. The lowest BCUT2D eigenvalue weighted by Gasteiger charge is -2.18. The van der Waals surface area contributed by atoms with Crippen molar-refractivity contribution in [3.05, 3.63) is 64.4 Å². The molecule has 3 heterocycles. The molecule has 0 radical (unpaired) electrons. The van der Waals surface area contributed by atoms with Gasteiger partial charge in [-0.3, -0.25) is 0 Å². The molecule has 0 spiro atoms. The van der Waals surface area contributed by atoms with Crippen LogP contribution in [0.25, 0.3) is 6.08 Å². The number of urea groups is 1. The topological polar surface area (TPSA) is 59.6 Å². The molecule has 4 atom stereocenters. The van der Waals surface area contributed by atoms with E-state index in [2.05, 4.69) is 41.0 Å². The second kappa shape index (κ2) is 8.69. The van der Waals surface area contributed by atoms with Crippen LogP contribution in [0.1, 0.15) is 10.4 Å². The Morgan fingerprint density at radius 1 is 1.11 bits per heavy atom. The molecule has 0 unspecified atom stereocenters. The molecule has 0 aliphatic carbocycles. The molecule has 0 bridgehead atoms. The number of thiophene rings is 1. The van der Waals surface area contributed by atoms with Crippen LogP contribution in [0, 0.1) is 5.92 Å². The van der Waals surface area contributed by atoms with Crippen LogP contribution in [0.3, 0.4) is 0 Å². The van der Waals surface area contributed by atoms with Gasteiger partial charge in [-0.2, -0.15) is 0 Å². The highest BCUT2D eigenvalue weighted by Gasteiger charge is 2.47. The standard InChI is InChI=1S/C21H24N2O3S/c24-21(22-11-10-17-7-4-12-27-17)23-18-14-26-19-16(13-25-20(18)19)9-8-15-5-2-1-3-6-15/h1-9,12,16,18-20H,10-11,13-14H2,(H2,22,23,24)/b9-8-/t16-,18-,19+,20+/m0/s1. The van der Waals surface area contributed by atoms with Gasteiger partial charge in [-0.25, -0.2) is 4.79 Å². The zero-order valence-electron chi connectivity index (χ0n) is 15.0. The summed E-state index contributed by atoms with van der Waals surface area (Å²) in [5, 5.41) is 7.97. The Labute approximate surface area is 163 Å². The summed E-state index contributed by atoms with van der Waals surface area (Å²) in [6, 6.07) is 14.0. The minimum absolute atomic E-state index is 0.00128. The van der Waals surface area contributed by atoms with E-state index in [-0.39, 0.29) is 30.2 Å². The number of carbonyl (C=O) groups is 1. The van der Waals surface area contributed by atoms with Gasteiger partial charge >= 0.3 is 6.03 Å². The lowest BCUT2D eigenvalue weighted by molar-refractivity contribution is 0.0661. The van der Waals surface area contributed by atoms with Gasteiger partial charge in [0.05, 0.1) is 25.4 Å². The van der Waals surface area contributed by atoms with Crippen molar-refractivity contribution < 1.29 is 14.3 Å². The number of amides is 2. The molecule has 5 nitrogen and oxygen atoms in total. The van der Waals surface area contributed by atoms with E-state index in [1.807, 2.05) is 29.6 Å². The molecule has 2 aromatic rings. The van der Waals surface area contributed by atoms with Gasteiger partial charge in [0.25, 0.3) is 0 Å². The molecule has 2 N–H and O–H groups in total. The van der Waals surface area contributed by atoms with Crippen LogP contribution in [0.15, 0.2) is 53.9 Å². The number of hydrogen-bond donors (Lipinski definition) is 2. The van der Waals surface area contributed by atoms with E-state index in [1.165, 1.54) is 10.4 Å². The molecule has 0 saturated carbocycles. The second-order valence-corrected chi connectivity index (χ2v) is 7.90. The van der Waals surface area contributed by atoms with Crippen molar-refractivity contribution >= 4 is 23.4 Å². The maximum Gasteiger partial charge on any atom is 0.315 e. The fourth-order valence-electron chi connectivity index (χ4n) is 3.59. The number of fused-ring (bicyclic) bond motifs is 1. The van der Waals surface area contributed by atoms with Crippen molar-refractivity contribution in [1.82, 2.24) is 10.6 Å². The Morgan fingerprint density at radius 2 is 1.96 bits per heavy atom. The van der Waals surface area contributed by atoms with Crippen molar-refractivity contribution in [2.45, 2.75) is 24.7 Å². The van der Waals surface area contributed by atoms with Gasteiger partial charge in [0.2, 0.25) is 0 Å². The van der Waals surface area contributed by atoms with E-state index in [0.29, 0.717) is 19.8 Å². The van der Waals surface area contributed by atoms with Crippen molar-refractivity contribution in [2.24, 2.45) is 5.92 Å². The van der Waals surface area contributed by atoms with E-state index in [0.717, 1.165) is 6.42 Å². The molecule has 2 aliphatic heterocycles. The monoisotopic (exact) mass is 384 g/mol. The summed E-state index contributed by atoms with van der Waals surface area (Å²) in [5.41, 5.74) is 1.17. The van der Waals surface area contributed by atoms with Crippen molar-refractivity contribution in [3.63, 3.8) is 0 Å². The van der Waals surface area contributed by atoms with Crippen molar-refractivity contribution in [3.8, 4) is 0 Å². The van der Waals surface area contributed by atoms with Crippen LogP contribution in [-0.2, 0) is 15.9 Å². The van der Waals surface area contributed by atoms with E-state index in [4.69, 9.17) is 9.47 Å². The van der Waals surface area contributed by atoms with Gasteiger partial charge < -0.3 is 20.1 Å². The quantitative estimate of drug-likeness (QED) is 0.805. The average Bonchev–Trinajstić information content (AvgIpc) is 3.41. The summed E-state index contributed by atoms with van der Waals surface area (Å²) in [6.45, 7) is 1.73. The van der Waals surface area contributed by atoms with Crippen LogP contribution >= 0.6 is 11.3 Å². The van der Waals surface area contributed by atoms with Crippen LogP contribution in [0.4, 0.5) is 4.79 Å². The highest BCUT2D eigenvalue weighted by molar-refractivity contribution is 7.09. The Bertz CT molecular complexity index is 763. The molecule has 1 aromatic carbocycles. The summed E-state index contributed by atoms with van der Waals surface area (Å²) in [6.07, 6.45) is 5.03. The summed E-state index contributed by atoms with van der Waals surface area (Å²) < 4.78 is 11.9. The van der Waals surface area contributed by atoms with E-state index < -0.39 is 0 Å². The fraction of sp³-hybridized carbons (Fsp3) is 0.381. The molecule has 2 aliphatic rings. The largest absolute Gasteiger partial charge is 0.373 e. The molecule has 142 valence electrons. The number of carbonyl (C=O) groups excluding carboxylic acids is 1. The predicted octanol–water partition coefficient (Wildman–Crippen LogP) is 3.09. The Morgan fingerprint density at radius 3 is 2.78 bits per heavy atom. The molecular weight excluding hydrogens is 360 g/mol. The third-order valence-corrected chi connectivity index (χ3v) is 5.92. The lowest BCUT2D eigenvalue weighted by Crippen LogP contribution is -2.48. The fourth-order valence-corrected chi connectivity index (χ4v) is 4.30. The molecule has 2 fully saturated rings. The average molecular weight is 385 g/mol. The first-order chi connectivity index (χ1) is 13.3. The highest BCUT2D eigenvalue weighted by atomic mass is 32.1. The van der Waals surface area contributed by atoms with Gasteiger partial charge in [0, 0.05) is 17.3 Å². The van der Waals surface area contributed by atoms with Gasteiger partial charge in [-0.15, -0.1) is 11.3 Å². The predicted molar refractivity (Wildman–Crippen MR) is 107 cm³/mol. The van der Waals surface area contributed by atoms with Gasteiger partial charge in [-0.1, -0.05) is 48.6 Å². The van der Waals surface area contributed by atoms with Crippen molar-refractivity contribution in [1.29, 1.82) is 0 Å². The highest BCUT2D eigenvalue weighted by Crippen LogP contribution is 2.32. The number of rotatable bonds is 6. The molecule has 2 amide bonds. The summed E-state index contributed by atoms with van der Waals surface area (Å²) >= 11 is 1.71. The Kier molecular flexibility index (Phi) is 5.87. The molecule has 2 saturated heterocycles. The third kappa shape index (κ3) is 4.58. The van der Waals surface area contributed by atoms with Gasteiger partial charge in [0.15, 0.2) is 0 Å². The van der Waals surface area contributed by atoms with Crippen molar-refractivity contribution in [2.75, 3.05) is 19.8 Å². The number of nitrogens with one attached hydrogen (secondary N) is 2. The number of benzene rings is 1. The first-order valence-corrected chi connectivity index (χ1v) is 10.2. The first-order valence-electron chi connectivity index (χ1n) is 9.33. The molecular formula is C21H24N2O3S. The Hall–Kier alpha value is -2.15.